The van der Waals surface area contributed by atoms with Crippen LogP contribution in [0, 0.1) is 0 Å². The van der Waals surface area contributed by atoms with Crippen molar-refractivity contribution in [3.05, 3.63) is 64.1 Å². The van der Waals surface area contributed by atoms with E-state index in [-0.39, 0.29) is 5.91 Å². The van der Waals surface area contributed by atoms with E-state index in [0.29, 0.717) is 25.9 Å². The molecule has 1 heterocycles. The summed E-state index contributed by atoms with van der Waals surface area (Å²) in [6.07, 6.45) is 1.58. The van der Waals surface area contributed by atoms with Gasteiger partial charge in [-0.15, -0.1) is 0 Å². The maximum atomic E-state index is 11.5. The fraction of sp³-hybridized carbons (Fsp3) is 0.0556. The SMILES string of the molecule is CC(=O)Nc1sc(NN=Cc2ccc(Cl)cc2Cl)nc1-c1ccccc1. The van der Waals surface area contributed by atoms with Crippen molar-refractivity contribution in [3.8, 4) is 11.3 Å². The molecular weight excluding hydrogens is 391 g/mol. The van der Waals surface area contributed by atoms with Crippen LogP contribution in [0.5, 0.6) is 0 Å². The number of carbonyl (C=O) groups excluding carboxylic acids is 1. The summed E-state index contributed by atoms with van der Waals surface area (Å²) in [6, 6.07) is 14.8. The molecule has 0 spiro atoms. The second-order valence-electron chi connectivity index (χ2n) is 5.28. The predicted octanol–water partition coefficient (Wildman–Crippen LogP) is 5.52. The van der Waals surface area contributed by atoms with Gasteiger partial charge in [0, 0.05) is 23.1 Å². The smallest absolute Gasteiger partial charge is 0.221 e. The first-order valence-electron chi connectivity index (χ1n) is 7.61. The first kappa shape index (κ1) is 18.4. The number of nitrogens with zero attached hydrogens (tertiary/aromatic N) is 2. The standard InChI is InChI=1S/C18H14Cl2N4OS/c1-11(25)22-17-16(12-5-3-2-4-6-12)23-18(26-17)24-21-10-13-7-8-14(19)9-15(13)20/h2-10H,1H3,(H,22,25)(H,23,24). The molecule has 8 heteroatoms. The van der Waals surface area contributed by atoms with Crippen LogP contribution in [0.3, 0.4) is 0 Å². The van der Waals surface area contributed by atoms with Gasteiger partial charge in [-0.3, -0.25) is 10.2 Å². The molecule has 0 saturated carbocycles. The lowest BCUT2D eigenvalue weighted by atomic mass is 10.2. The Labute approximate surface area is 164 Å². The van der Waals surface area contributed by atoms with Crippen LogP contribution in [0.15, 0.2) is 53.6 Å². The third-order valence-corrected chi connectivity index (χ3v) is 4.73. The molecule has 3 aromatic rings. The van der Waals surface area contributed by atoms with Gasteiger partial charge < -0.3 is 5.32 Å². The maximum Gasteiger partial charge on any atom is 0.221 e. The largest absolute Gasteiger partial charge is 0.316 e. The molecule has 26 heavy (non-hydrogen) atoms. The number of rotatable bonds is 5. The van der Waals surface area contributed by atoms with Crippen LogP contribution in [-0.4, -0.2) is 17.1 Å². The van der Waals surface area contributed by atoms with Crippen LogP contribution in [0.25, 0.3) is 11.3 Å². The van der Waals surface area contributed by atoms with E-state index in [1.807, 2.05) is 30.3 Å². The first-order chi connectivity index (χ1) is 12.5. The van der Waals surface area contributed by atoms with Crippen molar-refractivity contribution in [2.75, 3.05) is 10.7 Å². The van der Waals surface area contributed by atoms with Crippen molar-refractivity contribution in [1.82, 2.24) is 4.98 Å². The van der Waals surface area contributed by atoms with Crippen molar-refractivity contribution < 1.29 is 4.79 Å². The zero-order valence-electron chi connectivity index (χ0n) is 13.7. The molecule has 0 radical (unpaired) electrons. The molecule has 1 aromatic heterocycles. The lowest BCUT2D eigenvalue weighted by Gasteiger charge is -2.01. The highest BCUT2D eigenvalue weighted by molar-refractivity contribution is 7.20. The second kappa shape index (κ2) is 8.31. The van der Waals surface area contributed by atoms with Crippen LogP contribution >= 0.6 is 34.5 Å². The predicted molar refractivity (Wildman–Crippen MR) is 110 cm³/mol. The fourth-order valence-electron chi connectivity index (χ4n) is 2.17. The van der Waals surface area contributed by atoms with Gasteiger partial charge in [0.1, 0.15) is 10.7 Å². The quantitative estimate of drug-likeness (QED) is 0.434. The summed E-state index contributed by atoms with van der Waals surface area (Å²) in [6.45, 7) is 1.46. The number of amides is 1. The van der Waals surface area contributed by atoms with Crippen LogP contribution in [-0.2, 0) is 4.79 Å². The van der Waals surface area contributed by atoms with Gasteiger partial charge in [-0.25, -0.2) is 4.98 Å². The molecule has 0 atom stereocenters. The van der Waals surface area contributed by atoms with Gasteiger partial charge in [0.25, 0.3) is 0 Å². The average molecular weight is 405 g/mol. The van der Waals surface area contributed by atoms with Crippen LogP contribution in [0.1, 0.15) is 12.5 Å². The van der Waals surface area contributed by atoms with Gasteiger partial charge in [0.05, 0.1) is 11.2 Å². The van der Waals surface area contributed by atoms with E-state index < -0.39 is 0 Å². The Balaban J connectivity index is 1.83. The molecule has 0 saturated heterocycles. The van der Waals surface area contributed by atoms with Gasteiger partial charge in [0.15, 0.2) is 0 Å². The summed E-state index contributed by atoms with van der Waals surface area (Å²) >= 11 is 13.3. The van der Waals surface area contributed by atoms with Gasteiger partial charge in [-0.2, -0.15) is 5.10 Å². The van der Waals surface area contributed by atoms with Gasteiger partial charge >= 0.3 is 0 Å². The number of hydrogen-bond donors (Lipinski definition) is 2. The molecule has 132 valence electrons. The highest BCUT2D eigenvalue weighted by Gasteiger charge is 2.13. The zero-order valence-corrected chi connectivity index (χ0v) is 16.0. The summed E-state index contributed by atoms with van der Waals surface area (Å²) in [4.78, 5) is 16.0. The topological polar surface area (TPSA) is 66.4 Å². The Morgan fingerprint density at radius 3 is 2.65 bits per heavy atom. The molecule has 3 rings (SSSR count). The molecule has 2 aromatic carbocycles. The third kappa shape index (κ3) is 4.60. The molecule has 0 aliphatic carbocycles. The number of hydrazone groups is 1. The van der Waals surface area contributed by atoms with E-state index in [9.17, 15) is 4.79 Å². The Bertz CT molecular complexity index is 957. The van der Waals surface area contributed by atoms with Gasteiger partial charge in [-0.1, -0.05) is 70.9 Å². The summed E-state index contributed by atoms with van der Waals surface area (Å²) in [7, 11) is 0. The van der Waals surface area contributed by atoms with E-state index >= 15 is 0 Å². The third-order valence-electron chi connectivity index (χ3n) is 3.29. The Kier molecular flexibility index (Phi) is 5.88. The highest BCUT2D eigenvalue weighted by atomic mass is 35.5. The minimum absolute atomic E-state index is 0.158. The summed E-state index contributed by atoms with van der Waals surface area (Å²) in [5.74, 6) is -0.158. The van der Waals surface area contributed by atoms with Crippen LogP contribution < -0.4 is 10.7 Å². The molecular formula is C18H14Cl2N4OS. The maximum absolute atomic E-state index is 11.5. The van der Waals surface area contributed by atoms with E-state index in [0.717, 1.165) is 11.1 Å². The molecule has 0 fully saturated rings. The van der Waals surface area contributed by atoms with Crippen molar-refractivity contribution in [1.29, 1.82) is 0 Å². The number of halogens is 2. The Morgan fingerprint density at radius 1 is 1.19 bits per heavy atom. The minimum atomic E-state index is -0.158. The average Bonchev–Trinajstić information content (AvgIpc) is 2.99. The Hall–Kier alpha value is -2.41. The van der Waals surface area contributed by atoms with E-state index in [2.05, 4.69) is 20.8 Å². The lowest BCUT2D eigenvalue weighted by molar-refractivity contribution is -0.114. The number of thiazole rings is 1. The number of hydrogen-bond acceptors (Lipinski definition) is 5. The van der Waals surface area contributed by atoms with E-state index in [1.54, 1.807) is 24.4 Å². The van der Waals surface area contributed by atoms with E-state index in [1.165, 1.54) is 18.3 Å². The van der Waals surface area contributed by atoms with E-state index in [4.69, 9.17) is 23.2 Å². The molecule has 2 N–H and O–H groups in total. The lowest BCUT2D eigenvalue weighted by Crippen LogP contribution is -2.05. The fourth-order valence-corrected chi connectivity index (χ4v) is 3.51. The van der Waals surface area contributed by atoms with Crippen molar-refractivity contribution in [3.63, 3.8) is 0 Å². The summed E-state index contributed by atoms with van der Waals surface area (Å²) in [5, 5.41) is 9.24. The van der Waals surface area contributed by atoms with Crippen molar-refractivity contribution in [2.24, 2.45) is 5.10 Å². The van der Waals surface area contributed by atoms with Crippen molar-refractivity contribution >= 4 is 56.8 Å². The Morgan fingerprint density at radius 2 is 1.96 bits per heavy atom. The number of benzene rings is 2. The zero-order chi connectivity index (χ0) is 18.5. The number of aromatic nitrogens is 1. The molecule has 0 aliphatic heterocycles. The molecule has 0 bridgehead atoms. The second-order valence-corrected chi connectivity index (χ2v) is 7.12. The monoisotopic (exact) mass is 404 g/mol. The number of carbonyl (C=O) groups is 1. The van der Waals surface area contributed by atoms with Crippen LogP contribution in [0.4, 0.5) is 10.1 Å². The molecule has 5 nitrogen and oxygen atoms in total. The van der Waals surface area contributed by atoms with Gasteiger partial charge in [0.2, 0.25) is 11.0 Å². The van der Waals surface area contributed by atoms with Crippen LogP contribution in [0.2, 0.25) is 10.0 Å². The highest BCUT2D eigenvalue weighted by Crippen LogP contribution is 2.35. The molecule has 0 unspecified atom stereocenters. The number of anilines is 2. The van der Waals surface area contributed by atoms with Gasteiger partial charge in [-0.05, 0) is 12.1 Å². The summed E-state index contributed by atoms with van der Waals surface area (Å²) < 4.78 is 0. The normalized spacial score (nSPS) is 10.9. The number of nitrogens with one attached hydrogen (secondary N) is 2. The first-order valence-corrected chi connectivity index (χ1v) is 9.18. The molecule has 0 aliphatic rings. The molecule has 1 amide bonds. The van der Waals surface area contributed by atoms with Crippen molar-refractivity contribution in [2.45, 2.75) is 6.92 Å². The minimum Gasteiger partial charge on any atom is -0.316 e. The summed E-state index contributed by atoms with van der Waals surface area (Å²) in [5.41, 5.74) is 5.20.